The molecule has 0 saturated heterocycles. The summed E-state index contributed by atoms with van der Waals surface area (Å²) >= 11 is 1.53. The van der Waals surface area contributed by atoms with Crippen LogP contribution in [0.3, 0.4) is 0 Å². The molecule has 8 heteroatoms. The predicted molar refractivity (Wildman–Crippen MR) is 89.1 cm³/mol. The molecule has 0 aliphatic rings. The molecule has 0 heterocycles. The van der Waals surface area contributed by atoms with E-state index in [0.717, 1.165) is 4.90 Å². The summed E-state index contributed by atoms with van der Waals surface area (Å²) in [5.74, 6) is -0.185. The van der Waals surface area contributed by atoms with E-state index in [-0.39, 0.29) is 18.2 Å². The number of amides is 1. The topological polar surface area (TPSA) is 47.6 Å². The van der Waals surface area contributed by atoms with Crippen LogP contribution in [0.5, 0.6) is 11.5 Å². The molecule has 0 aliphatic heterocycles. The Balaban J connectivity index is 2.00. The maximum absolute atomic E-state index is 12.3. The third kappa shape index (κ3) is 5.60. The Morgan fingerprint density at radius 3 is 2.40 bits per heavy atom. The summed E-state index contributed by atoms with van der Waals surface area (Å²) < 4.78 is 45.4. The largest absolute Gasteiger partial charge is 0.573 e. The molecule has 0 spiro atoms. The van der Waals surface area contributed by atoms with Crippen LogP contribution in [0.2, 0.25) is 0 Å². The van der Waals surface area contributed by atoms with E-state index in [1.165, 1.54) is 43.1 Å². The summed E-state index contributed by atoms with van der Waals surface area (Å²) in [6.45, 7) is 0.165. The molecule has 25 heavy (non-hydrogen) atoms. The van der Waals surface area contributed by atoms with Crippen molar-refractivity contribution in [3.05, 3.63) is 53.6 Å². The molecule has 0 aromatic heterocycles. The maximum atomic E-state index is 12.3. The molecule has 0 fully saturated rings. The number of carbonyl (C=O) groups excluding carboxylic acids is 1. The van der Waals surface area contributed by atoms with Crippen molar-refractivity contribution in [3.8, 4) is 11.5 Å². The fourth-order valence-corrected chi connectivity index (χ4v) is 2.50. The molecule has 0 bridgehead atoms. The lowest BCUT2D eigenvalue weighted by Gasteiger charge is -2.11. The van der Waals surface area contributed by atoms with E-state index in [1.807, 2.05) is 12.3 Å². The number of hydrogen-bond donors (Lipinski definition) is 1. The van der Waals surface area contributed by atoms with Gasteiger partial charge in [-0.05, 0) is 42.2 Å². The van der Waals surface area contributed by atoms with Gasteiger partial charge in [-0.25, -0.2) is 0 Å². The number of alkyl halides is 3. The van der Waals surface area contributed by atoms with Gasteiger partial charge in [-0.1, -0.05) is 12.1 Å². The van der Waals surface area contributed by atoms with Crippen LogP contribution >= 0.6 is 11.8 Å². The molecule has 1 N–H and O–H groups in total. The van der Waals surface area contributed by atoms with Gasteiger partial charge in [-0.2, -0.15) is 0 Å². The predicted octanol–water partition coefficient (Wildman–Crippen LogP) is 4.25. The highest BCUT2D eigenvalue weighted by molar-refractivity contribution is 7.98. The van der Waals surface area contributed by atoms with E-state index in [0.29, 0.717) is 16.9 Å². The summed E-state index contributed by atoms with van der Waals surface area (Å²) in [6.07, 6.45) is -2.81. The Hall–Kier alpha value is -2.35. The molecule has 2 aromatic carbocycles. The highest BCUT2D eigenvalue weighted by atomic mass is 32.2. The summed E-state index contributed by atoms with van der Waals surface area (Å²) in [7, 11) is 1.48. The molecule has 0 atom stereocenters. The third-order valence-corrected chi connectivity index (χ3v) is 3.99. The lowest BCUT2D eigenvalue weighted by molar-refractivity contribution is -0.274. The second-order valence-electron chi connectivity index (χ2n) is 4.94. The molecule has 4 nitrogen and oxygen atoms in total. The lowest BCUT2D eigenvalue weighted by atomic mass is 10.1. The highest BCUT2D eigenvalue weighted by Gasteiger charge is 2.30. The molecular weight excluding hydrogens is 355 g/mol. The van der Waals surface area contributed by atoms with Crippen molar-refractivity contribution in [1.29, 1.82) is 0 Å². The SMILES string of the molecule is COc1cc(SC)ccc1C(=O)NCc1ccc(OC(F)(F)F)cc1. The zero-order valence-electron chi connectivity index (χ0n) is 13.5. The molecule has 0 radical (unpaired) electrons. The molecule has 0 saturated carbocycles. The van der Waals surface area contributed by atoms with Crippen LogP contribution in [0.1, 0.15) is 15.9 Å². The molecule has 0 unspecified atom stereocenters. The number of hydrogen-bond acceptors (Lipinski definition) is 4. The minimum Gasteiger partial charge on any atom is -0.496 e. The van der Waals surface area contributed by atoms with Crippen LogP contribution in [0.4, 0.5) is 13.2 Å². The average Bonchev–Trinajstić information content (AvgIpc) is 2.59. The number of methoxy groups -OCH3 is 1. The summed E-state index contributed by atoms with van der Waals surface area (Å²) in [5.41, 5.74) is 1.03. The standard InChI is InChI=1S/C17H16F3NO3S/c1-23-15-9-13(25-2)7-8-14(15)16(22)21-10-11-3-5-12(6-4-11)24-17(18,19)20/h3-9H,10H2,1-2H3,(H,21,22). The molecule has 1 amide bonds. The van der Waals surface area contributed by atoms with Crippen LogP contribution in [-0.2, 0) is 6.54 Å². The normalized spacial score (nSPS) is 11.1. The highest BCUT2D eigenvalue weighted by Crippen LogP contribution is 2.25. The molecule has 2 aromatic rings. The van der Waals surface area contributed by atoms with E-state index in [9.17, 15) is 18.0 Å². The monoisotopic (exact) mass is 371 g/mol. The second kappa shape index (κ2) is 8.15. The number of rotatable bonds is 6. The van der Waals surface area contributed by atoms with Crippen molar-refractivity contribution in [2.75, 3.05) is 13.4 Å². The smallest absolute Gasteiger partial charge is 0.496 e. The fraction of sp³-hybridized carbons (Fsp3) is 0.235. The molecule has 134 valence electrons. The Labute approximate surface area is 147 Å². The van der Waals surface area contributed by atoms with Crippen LogP contribution < -0.4 is 14.8 Å². The van der Waals surface area contributed by atoms with E-state index in [2.05, 4.69) is 10.1 Å². The Kier molecular flexibility index (Phi) is 6.19. The zero-order valence-corrected chi connectivity index (χ0v) is 14.3. The van der Waals surface area contributed by atoms with Crippen LogP contribution in [0.25, 0.3) is 0 Å². The van der Waals surface area contributed by atoms with Crippen molar-refractivity contribution in [3.63, 3.8) is 0 Å². The van der Waals surface area contributed by atoms with Crippen molar-refractivity contribution < 1.29 is 27.4 Å². The van der Waals surface area contributed by atoms with Crippen LogP contribution in [0, 0.1) is 0 Å². The van der Waals surface area contributed by atoms with Gasteiger partial charge in [-0.3, -0.25) is 4.79 Å². The van der Waals surface area contributed by atoms with E-state index in [4.69, 9.17) is 4.74 Å². The van der Waals surface area contributed by atoms with Gasteiger partial charge < -0.3 is 14.8 Å². The number of thioether (sulfide) groups is 1. The molecular formula is C17H16F3NO3S. The number of benzene rings is 2. The van der Waals surface area contributed by atoms with Crippen LogP contribution in [-0.4, -0.2) is 25.6 Å². The fourth-order valence-electron chi connectivity index (χ4n) is 2.07. The quantitative estimate of drug-likeness (QED) is 0.772. The first kappa shape index (κ1) is 19.0. The van der Waals surface area contributed by atoms with Gasteiger partial charge in [0.2, 0.25) is 0 Å². The van der Waals surface area contributed by atoms with Crippen molar-refractivity contribution >= 4 is 17.7 Å². The van der Waals surface area contributed by atoms with Gasteiger partial charge in [0.1, 0.15) is 11.5 Å². The van der Waals surface area contributed by atoms with Gasteiger partial charge >= 0.3 is 6.36 Å². The number of nitrogens with one attached hydrogen (secondary N) is 1. The number of halogens is 3. The first-order chi connectivity index (χ1) is 11.8. The average molecular weight is 371 g/mol. The minimum atomic E-state index is -4.73. The van der Waals surface area contributed by atoms with E-state index in [1.54, 1.807) is 12.1 Å². The third-order valence-electron chi connectivity index (χ3n) is 3.26. The number of carbonyl (C=O) groups is 1. The molecule has 0 aliphatic carbocycles. The summed E-state index contributed by atoms with van der Waals surface area (Å²) in [5, 5.41) is 2.71. The Morgan fingerprint density at radius 2 is 1.84 bits per heavy atom. The van der Waals surface area contributed by atoms with Gasteiger partial charge in [0.25, 0.3) is 5.91 Å². The summed E-state index contributed by atoms with van der Waals surface area (Å²) in [4.78, 5) is 13.2. The van der Waals surface area contributed by atoms with Crippen molar-refractivity contribution in [2.24, 2.45) is 0 Å². The molecule has 2 rings (SSSR count). The first-order valence-electron chi connectivity index (χ1n) is 7.17. The Morgan fingerprint density at radius 1 is 1.16 bits per heavy atom. The van der Waals surface area contributed by atoms with E-state index < -0.39 is 6.36 Å². The Bertz CT molecular complexity index is 733. The second-order valence-corrected chi connectivity index (χ2v) is 5.82. The van der Waals surface area contributed by atoms with Gasteiger partial charge in [-0.15, -0.1) is 24.9 Å². The van der Waals surface area contributed by atoms with Gasteiger partial charge in [0.05, 0.1) is 12.7 Å². The van der Waals surface area contributed by atoms with Crippen LogP contribution in [0.15, 0.2) is 47.4 Å². The maximum Gasteiger partial charge on any atom is 0.573 e. The van der Waals surface area contributed by atoms with Crippen molar-refractivity contribution in [1.82, 2.24) is 5.32 Å². The number of ether oxygens (including phenoxy) is 2. The summed E-state index contributed by atoms with van der Waals surface area (Å²) in [6, 6.07) is 10.5. The zero-order chi connectivity index (χ0) is 18.4. The van der Waals surface area contributed by atoms with Crippen molar-refractivity contribution in [2.45, 2.75) is 17.8 Å². The first-order valence-corrected chi connectivity index (χ1v) is 8.40. The lowest BCUT2D eigenvalue weighted by Crippen LogP contribution is -2.23. The van der Waals surface area contributed by atoms with Gasteiger partial charge in [0.15, 0.2) is 0 Å². The minimum absolute atomic E-state index is 0.165. The van der Waals surface area contributed by atoms with E-state index >= 15 is 0 Å². The van der Waals surface area contributed by atoms with Gasteiger partial charge in [0, 0.05) is 11.4 Å².